The Kier molecular flexibility index (Phi) is 6.97. The number of methoxy groups -OCH3 is 1. The maximum atomic E-state index is 14.9. The first-order valence-electron chi connectivity index (χ1n) is 13.5. The van der Waals surface area contributed by atoms with Gasteiger partial charge in [-0.05, 0) is 96.2 Å². The Bertz CT molecular complexity index is 1360. The summed E-state index contributed by atoms with van der Waals surface area (Å²) in [5.74, 6) is 1.05. The third-order valence-electron chi connectivity index (χ3n) is 7.86. The third-order valence-corrected chi connectivity index (χ3v) is 7.86. The van der Waals surface area contributed by atoms with Gasteiger partial charge in [-0.25, -0.2) is 4.39 Å². The van der Waals surface area contributed by atoms with Crippen LogP contribution in [0.2, 0.25) is 0 Å². The van der Waals surface area contributed by atoms with Crippen molar-refractivity contribution in [2.45, 2.75) is 65.4 Å². The summed E-state index contributed by atoms with van der Waals surface area (Å²) in [6, 6.07) is 17.3. The summed E-state index contributed by atoms with van der Waals surface area (Å²) in [6.45, 7) is 9.23. The molecule has 1 spiro atoms. The van der Waals surface area contributed by atoms with Crippen molar-refractivity contribution in [2.24, 2.45) is 11.3 Å². The highest BCUT2D eigenvalue weighted by Gasteiger charge is 2.62. The standard InChI is InChI=1S/C33H37FO4/c1-6-37-31(35)29-19-33(29)14-13-22-8-9-25(17-28(22)33)38-20-21-7-11-26(23(15-21)18-32(2,3)4)27-16-24(36-5)10-12-30(27)34/h7-12,15-17,29H,6,13-14,18-20H2,1-5H3/t29-,33-/m0/s1. The van der Waals surface area contributed by atoms with Crippen LogP contribution in [0.4, 0.5) is 4.39 Å². The van der Waals surface area contributed by atoms with Crippen molar-refractivity contribution in [3.05, 3.63) is 82.7 Å². The maximum Gasteiger partial charge on any atom is 0.309 e. The zero-order valence-corrected chi connectivity index (χ0v) is 23.0. The molecule has 1 fully saturated rings. The number of rotatable bonds is 8. The minimum atomic E-state index is -0.266. The number of carbonyl (C=O) groups excluding carboxylic acids is 1. The molecular weight excluding hydrogens is 479 g/mol. The molecule has 0 saturated heterocycles. The Morgan fingerprint density at radius 2 is 1.82 bits per heavy atom. The van der Waals surface area contributed by atoms with Gasteiger partial charge in [-0.2, -0.15) is 0 Å². The Morgan fingerprint density at radius 3 is 2.55 bits per heavy atom. The Morgan fingerprint density at radius 1 is 1.03 bits per heavy atom. The summed E-state index contributed by atoms with van der Waals surface area (Å²) in [7, 11) is 1.59. The molecule has 2 atom stereocenters. The van der Waals surface area contributed by atoms with E-state index < -0.39 is 0 Å². The molecule has 0 N–H and O–H groups in total. The van der Waals surface area contributed by atoms with Crippen molar-refractivity contribution in [2.75, 3.05) is 13.7 Å². The minimum Gasteiger partial charge on any atom is -0.497 e. The van der Waals surface area contributed by atoms with Crippen LogP contribution in [0.25, 0.3) is 11.1 Å². The van der Waals surface area contributed by atoms with E-state index in [-0.39, 0.29) is 28.5 Å². The molecule has 4 nitrogen and oxygen atoms in total. The van der Waals surface area contributed by atoms with E-state index in [0.29, 0.717) is 24.5 Å². The molecule has 3 aromatic carbocycles. The summed E-state index contributed by atoms with van der Waals surface area (Å²) in [5, 5.41) is 0. The quantitative estimate of drug-likeness (QED) is 0.292. The van der Waals surface area contributed by atoms with Crippen LogP contribution in [-0.2, 0) is 34.4 Å². The highest BCUT2D eigenvalue weighted by molar-refractivity contribution is 5.80. The SMILES string of the molecule is CCOC(=O)[C@@H]1C[C@]12CCc1ccc(OCc3ccc(-c4cc(OC)ccc4F)c(CC(C)(C)C)c3)cc12. The summed E-state index contributed by atoms with van der Waals surface area (Å²) < 4.78 is 31.8. The summed E-state index contributed by atoms with van der Waals surface area (Å²) in [4.78, 5) is 12.4. The maximum absolute atomic E-state index is 14.9. The smallest absolute Gasteiger partial charge is 0.309 e. The van der Waals surface area contributed by atoms with Crippen molar-refractivity contribution in [3.63, 3.8) is 0 Å². The molecule has 0 bridgehead atoms. The molecule has 0 aliphatic heterocycles. The van der Waals surface area contributed by atoms with Gasteiger partial charge in [-0.1, -0.05) is 45.0 Å². The number of carbonyl (C=O) groups is 1. The second-order valence-corrected chi connectivity index (χ2v) is 11.8. The fourth-order valence-corrected chi connectivity index (χ4v) is 5.97. The molecule has 0 aromatic heterocycles. The average molecular weight is 517 g/mol. The molecule has 0 heterocycles. The highest BCUT2D eigenvalue weighted by atomic mass is 19.1. The van der Waals surface area contributed by atoms with Gasteiger partial charge < -0.3 is 14.2 Å². The fraction of sp³-hybridized carbons (Fsp3) is 0.424. The number of aryl methyl sites for hydroxylation is 1. The summed E-state index contributed by atoms with van der Waals surface area (Å²) in [6.07, 6.45) is 3.64. The van der Waals surface area contributed by atoms with E-state index in [9.17, 15) is 9.18 Å². The lowest BCUT2D eigenvalue weighted by molar-refractivity contribution is -0.145. The van der Waals surface area contributed by atoms with Gasteiger partial charge >= 0.3 is 5.97 Å². The van der Waals surface area contributed by atoms with Crippen LogP contribution < -0.4 is 9.47 Å². The van der Waals surface area contributed by atoms with Gasteiger partial charge in [0.1, 0.15) is 23.9 Å². The Balaban J connectivity index is 1.38. The van der Waals surface area contributed by atoms with Crippen molar-refractivity contribution >= 4 is 5.97 Å². The number of hydrogen-bond donors (Lipinski definition) is 0. The molecule has 200 valence electrons. The molecule has 38 heavy (non-hydrogen) atoms. The number of esters is 1. The van der Waals surface area contributed by atoms with Crippen LogP contribution in [0.15, 0.2) is 54.6 Å². The summed E-state index contributed by atoms with van der Waals surface area (Å²) in [5.41, 5.74) is 6.02. The van der Waals surface area contributed by atoms with Crippen LogP contribution in [0.1, 0.15) is 62.8 Å². The summed E-state index contributed by atoms with van der Waals surface area (Å²) >= 11 is 0. The van der Waals surface area contributed by atoms with E-state index in [4.69, 9.17) is 14.2 Å². The molecule has 5 heteroatoms. The number of benzene rings is 3. The normalized spacial score (nSPS) is 19.8. The molecule has 1 saturated carbocycles. The minimum absolute atomic E-state index is 0.0254. The van der Waals surface area contributed by atoms with Crippen molar-refractivity contribution in [3.8, 4) is 22.6 Å². The predicted molar refractivity (Wildman–Crippen MR) is 147 cm³/mol. The van der Waals surface area contributed by atoms with Gasteiger partial charge in [0.05, 0.1) is 19.6 Å². The van der Waals surface area contributed by atoms with Crippen LogP contribution >= 0.6 is 0 Å². The van der Waals surface area contributed by atoms with E-state index in [1.165, 1.54) is 17.2 Å². The lowest BCUT2D eigenvalue weighted by Gasteiger charge is -2.22. The Hall–Kier alpha value is -3.34. The van der Waals surface area contributed by atoms with Gasteiger partial charge in [-0.15, -0.1) is 0 Å². The average Bonchev–Trinajstić information content (AvgIpc) is 3.51. The topological polar surface area (TPSA) is 44.8 Å². The van der Waals surface area contributed by atoms with Gasteiger partial charge in [0, 0.05) is 11.0 Å². The van der Waals surface area contributed by atoms with E-state index in [2.05, 4.69) is 39.0 Å². The van der Waals surface area contributed by atoms with Crippen molar-refractivity contribution in [1.29, 1.82) is 0 Å². The third kappa shape index (κ3) is 5.16. The van der Waals surface area contributed by atoms with E-state index >= 15 is 0 Å². The first-order chi connectivity index (χ1) is 18.1. The molecule has 5 rings (SSSR count). The van der Waals surface area contributed by atoms with E-state index in [1.807, 2.05) is 25.1 Å². The lowest BCUT2D eigenvalue weighted by Crippen LogP contribution is -2.15. The monoisotopic (exact) mass is 516 g/mol. The lowest BCUT2D eigenvalue weighted by atomic mass is 9.84. The first-order valence-corrected chi connectivity index (χ1v) is 13.5. The van der Waals surface area contributed by atoms with Gasteiger partial charge in [-0.3, -0.25) is 4.79 Å². The number of hydrogen-bond acceptors (Lipinski definition) is 4. The molecule has 2 aliphatic rings. The molecule has 0 unspecified atom stereocenters. The zero-order chi connectivity index (χ0) is 27.1. The van der Waals surface area contributed by atoms with Crippen molar-refractivity contribution < 1.29 is 23.4 Å². The fourth-order valence-electron chi connectivity index (χ4n) is 5.97. The second kappa shape index (κ2) is 10.1. The predicted octanol–water partition coefficient (Wildman–Crippen LogP) is 7.44. The largest absolute Gasteiger partial charge is 0.497 e. The number of fused-ring (bicyclic) bond motifs is 2. The van der Waals surface area contributed by atoms with E-state index in [0.717, 1.165) is 48.1 Å². The molecule has 0 amide bonds. The number of ether oxygens (including phenoxy) is 3. The molecular formula is C33H37FO4. The van der Waals surface area contributed by atoms with Crippen LogP contribution in [0.5, 0.6) is 11.5 Å². The van der Waals surface area contributed by atoms with Crippen LogP contribution in [-0.4, -0.2) is 19.7 Å². The van der Waals surface area contributed by atoms with Crippen LogP contribution in [0.3, 0.4) is 0 Å². The Labute approximate surface area is 225 Å². The highest BCUT2D eigenvalue weighted by Crippen LogP contribution is 2.62. The molecule has 3 aromatic rings. The number of halogens is 1. The van der Waals surface area contributed by atoms with Gasteiger partial charge in [0.25, 0.3) is 0 Å². The first kappa shape index (κ1) is 26.3. The second-order valence-electron chi connectivity index (χ2n) is 11.8. The van der Waals surface area contributed by atoms with E-state index in [1.54, 1.807) is 19.2 Å². The van der Waals surface area contributed by atoms with Gasteiger partial charge in [0.2, 0.25) is 0 Å². The molecule has 0 radical (unpaired) electrons. The van der Waals surface area contributed by atoms with Crippen LogP contribution in [0, 0.1) is 17.2 Å². The van der Waals surface area contributed by atoms with Gasteiger partial charge in [0.15, 0.2) is 0 Å². The zero-order valence-electron chi connectivity index (χ0n) is 23.0. The molecule has 2 aliphatic carbocycles. The van der Waals surface area contributed by atoms with Crippen molar-refractivity contribution in [1.82, 2.24) is 0 Å².